The molecule has 1 aromatic heterocycles. The number of hydrogen-bond donors (Lipinski definition) is 1. The number of anilines is 1. The van der Waals surface area contributed by atoms with E-state index in [4.69, 9.17) is 21.1 Å². The summed E-state index contributed by atoms with van der Waals surface area (Å²) in [6, 6.07) is 3.63. The highest BCUT2D eigenvalue weighted by molar-refractivity contribution is 7.13. The second-order valence-corrected chi connectivity index (χ2v) is 5.63. The van der Waals surface area contributed by atoms with Crippen molar-refractivity contribution in [2.75, 3.05) is 18.6 Å². The standard InChI is InChI=1S/C15H18ClN3O2S/c1-4-20-13-7-11(6-12(16)14(13)21-5-2)8-17-19-15-18-10(3)9-22-15/h6-9H,4-5H2,1-3H3,(H,18,19). The highest BCUT2D eigenvalue weighted by atomic mass is 35.5. The molecule has 2 aromatic rings. The second kappa shape index (κ2) is 8.00. The summed E-state index contributed by atoms with van der Waals surface area (Å²) in [4.78, 5) is 4.27. The summed E-state index contributed by atoms with van der Waals surface area (Å²) in [5, 5.41) is 7.36. The Hall–Kier alpha value is -1.79. The Morgan fingerprint density at radius 3 is 2.73 bits per heavy atom. The number of ether oxygens (including phenoxy) is 2. The van der Waals surface area contributed by atoms with Crippen LogP contribution in [0.5, 0.6) is 11.5 Å². The van der Waals surface area contributed by atoms with E-state index in [0.29, 0.717) is 29.7 Å². The zero-order valence-corrected chi connectivity index (χ0v) is 14.3. The van der Waals surface area contributed by atoms with E-state index in [2.05, 4.69) is 15.5 Å². The molecule has 0 spiro atoms. The molecular formula is C15H18ClN3O2S. The van der Waals surface area contributed by atoms with Crippen LogP contribution in [0, 0.1) is 6.92 Å². The number of benzene rings is 1. The maximum Gasteiger partial charge on any atom is 0.203 e. The summed E-state index contributed by atoms with van der Waals surface area (Å²) in [6.45, 7) is 6.82. The van der Waals surface area contributed by atoms with Crippen LogP contribution in [0.1, 0.15) is 25.1 Å². The summed E-state index contributed by atoms with van der Waals surface area (Å²) < 4.78 is 11.1. The van der Waals surface area contributed by atoms with Crippen molar-refractivity contribution in [3.63, 3.8) is 0 Å². The van der Waals surface area contributed by atoms with Crippen LogP contribution >= 0.6 is 22.9 Å². The van der Waals surface area contributed by atoms with Gasteiger partial charge in [-0.1, -0.05) is 11.6 Å². The number of hydrazone groups is 1. The third-order valence-corrected chi connectivity index (χ3v) is 3.76. The van der Waals surface area contributed by atoms with E-state index < -0.39 is 0 Å². The van der Waals surface area contributed by atoms with Crippen LogP contribution in [0.15, 0.2) is 22.6 Å². The zero-order chi connectivity index (χ0) is 15.9. The molecule has 1 heterocycles. The van der Waals surface area contributed by atoms with Crippen molar-refractivity contribution < 1.29 is 9.47 Å². The van der Waals surface area contributed by atoms with Crippen LogP contribution in [-0.2, 0) is 0 Å². The third-order valence-electron chi connectivity index (χ3n) is 2.61. The molecular weight excluding hydrogens is 322 g/mol. The third kappa shape index (κ3) is 4.35. The van der Waals surface area contributed by atoms with Gasteiger partial charge in [0.05, 0.1) is 30.1 Å². The molecule has 0 aliphatic heterocycles. The summed E-state index contributed by atoms with van der Waals surface area (Å²) >= 11 is 7.75. The normalized spacial score (nSPS) is 10.9. The average molecular weight is 340 g/mol. The molecule has 1 N–H and O–H groups in total. The Bertz CT molecular complexity index is 658. The van der Waals surface area contributed by atoms with Gasteiger partial charge in [0.2, 0.25) is 5.13 Å². The Labute approximate surface area is 138 Å². The summed E-state index contributed by atoms with van der Waals surface area (Å²) in [5.41, 5.74) is 4.67. The van der Waals surface area contributed by atoms with E-state index in [1.807, 2.05) is 32.2 Å². The molecule has 0 fully saturated rings. The van der Waals surface area contributed by atoms with Crippen molar-refractivity contribution >= 4 is 34.3 Å². The van der Waals surface area contributed by atoms with Gasteiger partial charge in [0.25, 0.3) is 0 Å². The average Bonchev–Trinajstić information content (AvgIpc) is 2.89. The summed E-state index contributed by atoms with van der Waals surface area (Å²) in [7, 11) is 0. The lowest BCUT2D eigenvalue weighted by Gasteiger charge is -2.13. The van der Waals surface area contributed by atoms with Crippen molar-refractivity contribution in [1.29, 1.82) is 0 Å². The number of hydrogen-bond acceptors (Lipinski definition) is 6. The Morgan fingerprint density at radius 2 is 2.09 bits per heavy atom. The maximum atomic E-state index is 6.25. The fourth-order valence-electron chi connectivity index (χ4n) is 1.78. The number of thiazole rings is 1. The number of aromatic nitrogens is 1. The SMILES string of the molecule is CCOc1cc(C=NNc2nc(C)cs2)cc(Cl)c1OCC. The number of nitrogens with one attached hydrogen (secondary N) is 1. The highest BCUT2D eigenvalue weighted by Gasteiger charge is 2.11. The highest BCUT2D eigenvalue weighted by Crippen LogP contribution is 2.36. The van der Waals surface area contributed by atoms with Gasteiger partial charge in [-0.3, -0.25) is 5.43 Å². The quantitative estimate of drug-likeness (QED) is 0.602. The lowest BCUT2D eigenvalue weighted by atomic mass is 10.2. The molecule has 0 aliphatic rings. The molecule has 5 nitrogen and oxygen atoms in total. The minimum atomic E-state index is 0.499. The van der Waals surface area contributed by atoms with Crippen LogP contribution in [0.25, 0.3) is 0 Å². The molecule has 2 rings (SSSR count). The number of rotatable bonds is 7. The van der Waals surface area contributed by atoms with Crippen molar-refractivity contribution in [3.8, 4) is 11.5 Å². The molecule has 0 radical (unpaired) electrons. The zero-order valence-electron chi connectivity index (χ0n) is 12.7. The van der Waals surface area contributed by atoms with Gasteiger partial charge in [-0.15, -0.1) is 11.3 Å². The van der Waals surface area contributed by atoms with E-state index in [1.54, 1.807) is 12.3 Å². The van der Waals surface area contributed by atoms with E-state index in [0.717, 1.165) is 16.4 Å². The number of nitrogens with zero attached hydrogens (tertiary/aromatic N) is 2. The van der Waals surface area contributed by atoms with Gasteiger partial charge in [0.15, 0.2) is 11.5 Å². The van der Waals surface area contributed by atoms with Gasteiger partial charge in [-0.25, -0.2) is 4.98 Å². The number of halogens is 1. The molecule has 1 aromatic carbocycles. The van der Waals surface area contributed by atoms with E-state index in [-0.39, 0.29) is 0 Å². The smallest absolute Gasteiger partial charge is 0.203 e. The van der Waals surface area contributed by atoms with Gasteiger partial charge in [-0.2, -0.15) is 5.10 Å². The largest absolute Gasteiger partial charge is 0.490 e. The van der Waals surface area contributed by atoms with Gasteiger partial charge in [0, 0.05) is 5.38 Å². The van der Waals surface area contributed by atoms with Gasteiger partial charge < -0.3 is 9.47 Å². The first-order valence-corrected chi connectivity index (χ1v) is 8.20. The minimum absolute atomic E-state index is 0.499. The predicted molar refractivity (Wildman–Crippen MR) is 91.9 cm³/mol. The molecule has 22 heavy (non-hydrogen) atoms. The van der Waals surface area contributed by atoms with Gasteiger partial charge in [0.1, 0.15) is 0 Å². The number of aryl methyl sites for hydroxylation is 1. The Kier molecular flexibility index (Phi) is 6.03. The molecule has 0 saturated heterocycles. The second-order valence-electron chi connectivity index (χ2n) is 4.36. The van der Waals surface area contributed by atoms with E-state index in [1.165, 1.54) is 11.3 Å². The molecule has 0 unspecified atom stereocenters. The van der Waals surface area contributed by atoms with Crippen LogP contribution in [-0.4, -0.2) is 24.4 Å². The predicted octanol–water partition coefficient (Wildman–Crippen LogP) is 4.35. The van der Waals surface area contributed by atoms with Crippen molar-refractivity contribution in [1.82, 2.24) is 4.98 Å². The first-order chi connectivity index (χ1) is 10.6. The van der Waals surface area contributed by atoms with Crippen LogP contribution in [0.3, 0.4) is 0 Å². The fraction of sp³-hybridized carbons (Fsp3) is 0.333. The maximum absolute atomic E-state index is 6.25. The van der Waals surface area contributed by atoms with Crippen LogP contribution in [0.2, 0.25) is 5.02 Å². The molecule has 0 saturated carbocycles. The van der Waals surface area contributed by atoms with Crippen LogP contribution < -0.4 is 14.9 Å². The molecule has 0 amide bonds. The topological polar surface area (TPSA) is 55.7 Å². The Balaban J connectivity index is 2.16. The van der Waals surface area contributed by atoms with Gasteiger partial charge >= 0.3 is 0 Å². The van der Waals surface area contributed by atoms with Gasteiger partial charge in [-0.05, 0) is 38.5 Å². The lowest BCUT2D eigenvalue weighted by Crippen LogP contribution is -2.00. The molecule has 118 valence electrons. The van der Waals surface area contributed by atoms with Crippen molar-refractivity contribution in [2.45, 2.75) is 20.8 Å². The van der Waals surface area contributed by atoms with E-state index in [9.17, 15) is 0 Å². The molecule has 7 heteroatoms. The Morgan fingerprint density at radius 1 is 1.32 bits per heavy atom. The first-order valence-electron chi connectivity index (χ1n) is 6.94. The molecule has 0 atom stereocenters. The minimum Gasteiger partial charge on any atom is -0.490 e. The monoisotopic (exact) mass is 339 g/mol. The van der Waals surface area contributed by atoms with Crippen LogP contribution in [0.4, 0.5) is 5.13 Å². The lowest BCUT2D eigenvalue weighted by molar-refractivity contribution is 0.288. The molecule has 0 bridgehead atoms. The molecule has 0 aliphatic carbocycles. The summed E-state index contributed by atoms with van der Waals surface area (Å²) in [5.74, 6) is 1.18. The van der Waals surface area contributed by atoms with Crippen molar-refractivity contribution in [3.05, 3.63) is 33.8 Å². The van der Waals surface area contributed by atoms with E-state index >= 15 is 0 Å². The first kappa shape index (κ1) is 16.6. The fourth-order valence-corrected chi connectivity index (χ4v) is 2.69. The summed E-state index contributed by atoms with van der Waals surface area (Å²) in [6.07, 6.45) is 1.67. The van der Waals surface area contributed by atoms with Crippen molar-refractivity contribution in [2.24, 2.45) is 5.10 Å².